The van der Waals surface area contributed by atoms with Crippen LogP contribution in [-0.4, -0.2) is 20.9 Å². The number of nitrogens with zero attached hydrogens (tertiary/aromatic N) is 3. The zero-order valence-corrected chi connectivity index (χ0v) is 12.6. The molecule has 0 amide bonds. The quantitative estimate of drug-likeness (QED) is 0.787. The third-order valence-corrected chi connectivity index (χ3v) is 3.92. The van der Waals surface area contributed by atoms with Crippen LogP contribution in [0.1, 0.15) is 6.92 Å². The van der Waals surface area contributed by atoms with Gasteiger partial charge in [-0.05, 0) is 35.0 Å². The number of anilines is 1. The molecule has 1 N–H and O–H groups in total. The minimum atomic E-state index is 0.651. The third kappa shape index (κ3) is 2.46. The normalized spacial score (nSPS) is 10.8. The molecule has 19 heavy (non-hydrogen) atoms. The van der Waals surface area contributed by atoms with Gasteiger partial charge in [0.25, 0.3) is 0 Å². The SMILES string of the molecule is CCNc1nc(-c2nc3ccccc3cc2Br)ns1. The van der Waals surface area contributed by atoms with E-state index in [1.165, 1.54) is 11.5 Å². The molecule has 0 aliphatic rings. The highest BCUT2D eigenvalue weighted by atomic mass is 79.9. The van der Waals surface area contributed by atoms with E-state index in [-0.39, 0.29) is 0 Å². The Kier molecular flexibility index (Phi) is 3.44. The van der Waals surface area contributed by atoms with Gasteiger partial charge in [0.1, 0.15) is 5.69 Å². The van der Waals surface area contributed by atoms with Gasteiger partial charge in [-0.15, -0.1) is 0 Å². The topological polar surface area (TPSA) is 50.7 Å². The van der Waals surface area contributed by atoms with Crippen molar-refractivity contribution < 1.29 is 0 Å². The summed E-state index contributed by atoms with van der Waals surface area (Å²) in [5.41, 5.74) is 1.72. The van der Waals surface area contributed by atoms with E-state index in [1.807, 2.05) is 37.3 Å². The number of para-hydroxylation sites is 1. The van der Waals surface area contributed by atoms with Crippen LogP contribution in [0.4, 0.5) is 5.13 Å². The first kappa shape index (κ1) is 12.5. The van der Waals surface area contributed by atoms with E-state index in [1.54, 1.807) is 0 Å². The minimum absolute atomic E-state index is 0.651. The van der Waals surface area contributed by atoms with Crippen LogP contribution in [0.15, 0.2) is 34.8 Å². The van der Waals surface area contributed by atoms with Crippen LogP contribution in [-0.2, 0) is 0 Å². The van der Waals surface area contributed by atoms with Crippen molar-refractivity contribution in [1.29, 1.82) is 0 Å². The Morgan fingerprint density at radius 1 is 1.26 bits per heavy atom. The number of rotatable bonds is 3. The molecular formula is C13H11BrN4S. The van der Waals surface area contributed by atoms with E-state index in [0.717, 1.165) is 32.7 Å². The number of fused-ring (bicyclic) bond motifs is 1. The maximum absolute atomic E-state index is 4.63. The molecule has 0 saturated carbocycles. The average molecular weight is 335 g/mol. The van der Waals surface area contributed by atoms with Gasteiger partial charge >= 0.3 is 0 Å². The van der Waals surface area contributed by atoms with Crippen molar-refractivity contribution in [2.24, 2.45) is 0 Å². The lowest BCUT2D eigenvalue weighted by molar-refractivity contribution is 1.18. The van der Waals surface area contributed by atoms with Crippen LogP contribution >= 0.6 is 27.5 Å². The summed E-state index contributed by atoms with van der Waals surface area (Å²) in [5, 5.41) is 5.07. The Bertz CT molecular complexity index is 725. The second-order valence-electron chi connectivity index (χ2n) is 3.96. The smallest absolute Gasteiger partial charge is 0.202 e. The number of pyridine rings is 1. The number of hydrogen-bond donors (Lipinski definition) is 1. The largest absolute Gasteiger partial charge is 0.361 e. The van der Waals surface area contributed by atoms with E-state index in [0.29, 0.717) is 5.82 Å². The van der Waals surface area contributed by atoms with Crippen molar-refractivity contribution in [3.05, 3.63) is 34.8 Å². The highest BCUT2D eigenvalue weighted by Gasteiger charge is 2.12. The number of benzene rings is 1. The fourth-order valence-corrected chi connectivity index (χ4v) is 2.94. The number of halogens is 1. The van der Waals surface area contributed by atoms with Gasteiger partial charge < -0.3 is 5.32 Å². The minimum Gasteiger partial charge on any atom is -0.361 e. The predicted molar refractivity (Wildman–Crippen MR) is 82.5 cm³/mol. The number of nitrogens with one attached hydrogen (secondary N) is 1. The first-order valence-corrected chi connectivity index (χ1v) is 7.48. The van der Waals surface area contributed by atoms with Crippen molar-refractivity contribution in [3.8, 4) is 11.5 Å². The summed E-state index contributed by atoms with van der Waals surface area (Å²) < 4.78 is 5.26. The van der Waals surface area contributed by atoms with E-state index in [2.05, 4.69) is 35.6 Å². The second kappa shape index (κ2) is 5.22. The molecular weight excluding hydrogens is 324 g/mol. The van der Waals surface area contributed by atoms with Crippen molar-refractivity contribution in [2.45, 2.75) is 6.92 Å². The van der Waals surface area contributed by atoms with Crippen LogP contribution in [0, 0.1) is 0 Å². The van der Waals surface area contributed by atoms with Crippen molar-refractivity contribution in [1.82, 2.24) is 14.3 Å². The van der Waals surface area contributed by atoms with Gasteiger partial charge in [0.05, 0.1) is 5.52 Å². The summed E-state index contributed by atoms with van der Waals surface area (Å²) in [7, 11) is 0. The Morgan fingerprint density at radius 3 is 2.95 bits per heavy atom. The third-order valence-electron chi connectivity index (χ3n) is 2.64. The lowest BCUT2D eigenvalue weighted by Crippen LogP contribution is -1.95. The van der Waals surface area contributed by atoms with Crippen LogP contribution in [0.5, 0.6) is 0 Å². The van der Waals surface area contributed by atoms with Crippen molar-refractivity contribution in [2.75, 3.05) is 11.9 Å². The molecule has 3 aromatic rings. The van der Waals surface area contributed by atoms with Crippen molar-refractivity contribution >= 4 is 43.5 Å². The summed E-state index contributed by atoms with van der Waals surface area (Å²) in [6.45, 7) is 2.87. The molecule has 1 aromatic carbocycles. The molecule has 0 aliphatic heterocycles. The van der Waals surface area contributed by atoms with Crippen LogP contribution in [0.2, 0.25) is 0 Å². The molecule has 3 rings (SSSR count). The molecule has 4 nitrogen and oxygen atoms in total. The van der Waals surface area contributed by atoms with Gasteiger partial charge in [0.2, 0.25) is 5.13 Å². The fourth-order valence-electron chi connectivity index (χ4n) is 1.79. The lowest BCUT2D eigenvalue weighted by Gasteiger charge is -2.02. The summed E-state index contributed by atoms with van der Waals surface area (Å²) in [4.78, 5) is 9.07. The standard InChI is InChI=1S/C13H11BrN4S/c1-2-15-13-17-12(18-19-13)11-9(14)7-8-5-3-4-6-10(8)16-11/h3-7H,2H2,1H3,(H,15,17,18). The first-order valence-electron chi connectivity index (χ1n) is 5.91. The molecule has 6 heteroatoms. The summed E-state index contributed by atoms with van der Waals surface area (Å²) >= 11 is 4.89. The molecule has 0 bridgehead atoms. The Morgan fingerprint density at radius 2 is 2.11 bits per heavy atom. The van der Waals surface area contributed by atoms with Crippen molar-refractivity contribution in [3.63, 3.8) is 0 Å². The van der Waals surface area contributed by atoms with Crippen LogP contribution < -0.4 is 5.32 Å². The number of hydrogen-bond acceptors (Lipinski definition) is 5. The Balaban J connectivity index is 2.10. The van der Waals surface area contributed by atoms with Crippen LogP contribution in [0.3, 0.4) is 0 Å². The molecule has 2 heterocycles. The molecule has 0 fully saturated rings. The maximum atomic E-state index is 4.63. The summed E-state index contributed by atoms with van der Waals surface area (Å²) in [5.74, 6) is 0.651. The zero-order valence-electron chi connectivity index (χ0n) is 10.2. The second-order valence-corrected chi connectivity index (χ2v) is 5.57. The zero-order chi connectivity index (χ0) is 13.2. The van der Waals surface area contributed by atoms with Gasteiger partial charge in [-0.1, -0.05) is 18.2 Å². The van der Waals surface area contributed by atoms with E-state index >= 15 is 0 Å². The molecule has 0 saturated heterocycles. The molecule has 0 aliphatic carbocycles. The Labute approximate surface area is 123 Å². The van der Waals surface area contributed by atoms with Crippen LogP contribution in [0.25, 0.3) is 22.4 Å². The highest BCUT2D eigenvalue weighted by Crippen LogP contribution is 2.29. The Hall–Kier alpha value is -1.53. The van der Waals surface area contributed by atoms with E-state index < -0.39 is 0 Å². The fraction of sp³-hybridized carbons (Fsp3) is 0.154. The van der Waals surface area contributed by atoms with E-state index in [9.17, 15) is 0 Å². The molecule has 0 spiro atoms. The summed E-state index contributed by atoms with van der Waals surface area (Å²) in [6.07, 6.45) is 0. The average Bonchev–Trinajstić information content (AvgIpc) is 2.87. The summed E-state index contributed by atoms with van der Waals surface area (Å²) in [6, 6.07) is 10.1. The van der Waals surface area contributed by atoms with Gasteiger partial charge in [0.15, 0.2) is 5.82 Å². The molecule has 0 unspecified atom stereocenters. The van der Waals surface area contributed by atoms with Gasteiger partial charge in [-0.3, -0.25) is 0 Å². The lowest BCUT2D eigenvalue weighted by atomic mass is 10.2. The maximum Gasteiger partial charge on any atom is 0.202 e. The molecule has 0 radical (unpaired) electrons. The molecule has 0 atom stereocenters. The monoisotopic (exact) mass is 334 g/mol. The predicted octanol–water partition coefficient (Wildman–Crippen LogP) is 3.95. The molecule has 96 valence electrons. The first-order chi connectivity index (χ1) is 9.28. The van der Waals surface area contributed by atoms with E-state index in [4.69, 9.17) is 0 Å². The highest BCUT2D eigenvalue weighted by molar-refractivity contribution is 9.10. The number of aromatic nitrogens is 3. The van der Waals surface area contributed by atoms with Gasteiger partial charge in [-0.2, -0.15) is 9.36 Å². The van der Waals surface area contributed by atoms with Gasteiger partial charge in [0, 0.05) is 27.9 Å². The molecule has 2 aromatic heterocycles. The van der Waals surface area contributed by atoms with Gasteiger partial charge in [-0.25, -0.2) is 4.98 Å².